The summed E-state index contributed by atoms with van der Waals surface area (Å²) < 4.78 is 29.4. The van der Waals surface area contributed by atoms with E-state index in [4.69, 9.17) is 16.3 Å². The predicted molar refractivity (Wildman–Crippen MR) is 99.1 cm³/mol. The fourth-order valence-electron chi connectivity index (χ4n) is 2.12. The second kappa shape index (κ2) is 8.33. The number of hydrogen-bond acceptors (Lipinski definition) is 5. The summed E-state index contributed by atoms with van der Waals surface area (Å²) in [6.07, 6.45) is -1.12. The zero-order chi connectivity index (χ0) is 19.3. The Kier molecular flexibility index (Phi) is 6.39. The summed E-state index contributed by atoms with van der Waals surface area (Å²) in [4.78, 5) is 24.4. The first kappa shape index (κ1) is 19.9. The lowest BCUT2D eigenvalue weighted by atomic mass is 10.2. The van der Waals surface area contributed by atoms with E-state index in [9.17, 15) is 18.0 Å². The molecule has 0 aromatic heterocycles. The van der Waals surface area contributed by atoms with Gasteiger partial charge in [0.15, 0.2) is 15.9 Å². The Bertz CT molecular complexity index is 909. The molecule has 1 atom stereocenters. The van der Waals surface area contributed by atoms with Gasteiger partial charge in [0, 0.05) is 10.7 Å². The van der Waals surface area contributed by atoms with Gasteiger partial charge in [-0.2, -0.15) is 0 Å². The van der Waals surface area contributed by atoms with E-state index in [0.717, 1.165) is 0 Å². The molecule has 2 aromatic carbocycles. The number of nitrogens with one attached hydrogen (secondary N) is 1. The van der Waals surface area contributed by atoms with Crippen LogP contribution in [0.25, 0.3) is 0 Å². The van der Waals surface area contributed by atoms with Crippen LogP contribution in [0.2, 0.25) is 5.02 Å². The molecule has 0 aliphatic heterocycles. The molecule has 1 amide bonds. The summed E-state index contributed by atoms with van der Waals surface area (Å²) in [7, 11) is -3.60. The van der Waals surface area contributed by atoms with Crippen LogP contribution in [0.15, 0.2) is 53.4 Å². The summed E-state index contributed by atoms with van der Waals surface area (Å²) in [6, 6.07) is 12.2. The lowest BCUT2D eigenvalue weighted by molar-refractivity contribution is -0.123. The lowest BCUT2D eigenvalue weighted by Gasteiger charge is -2.15. The molecule has 0 saturated carbocycles. The third-order valence-electron chi connectivity index (χ3n) is 3.59. The van der Waals surface area contributed by atoms with Gasteiger partial charge in [0.05, 0.1) is 16.2 Å². The average Bonchev–Trinajstić information content (AvgIpc) is 2.63. The molecule has 0 aliphatic carbocycles. The Balaban J connectivity index is 2.12. The smallest absolute Gasteiger partial charge is 0.340 e. The number of anilines is 1. The van der Waals surface area contributed by atoms with Gasteiger partial charge in [-0.15, -0.1) is 0 Å². The molecule has 2 rings (SSSR count). The van der Waals surface area contributed by atoms with Crippen molar-refractivity contribution < 1.29 is 22.7 Å². The Labute approximate surface area is 157 Å². The molecule has 1 N–H and O–H groups in total. The van der Waals surface area contributed by atoms with Crippen molar-refractivity contribution in [2.24, 2.45) is 0 Å². The highest BCUT2D eigenvalue weighted by Crippen LogP contribution is 2.19. The number of rotatable bonds is 6. The Morgan fingerprint density at radius 1 is 1.12 bits per heavy atom. The minimum atomic E-state index is -3.60. The van der Waals surface area contributed by atoms with E-state index >= 15 is 0 Å². The zero-order valence-corrected chi connectivity index (χ0v) is 15.8. The van der Waals surface area contributed by atoms with Crippen LogP contribution in [0.3, 0.4) is 0 Å². The molecule has 0 saturated heterocycles. The van der Waals surface area contributed by atoms with Crippen molar-refractivity contribution in [1.82, 2.24) is 0 Å². The van der Waals surface area contributed by atoms with Gasteiger partial charge in [-0.25, -0.2) is 13.2 Å². The minimum absolute atomic E-state index is 0.0968. The van der Waals surface area contributed by atoms with Crippen LogP contribution < -0.4 is 5.32 Å². The predicted octanol–water partition coefficient (Wildman–Crippen LogP) is 3.32. The van der Waals surface area contributed by atoms with Crippen LogP contribution in [0, 0.1) is 0 Å². The minimum Gasteiger partial charge on any atom is -0.449 e. The van der Waals surface area contributed by atoms with Gasteiger partial charge in [0.2, 0.25) is 0 Å². The van der Waals surface area contributed by atoms with E-state index in [2.05, 4.69) is 5.32 Å². The maximum Gasteiger partial charge on any atom is 0.340 e. The number of benzene rings is 2. The van der Waals surface area contributed by atoms with E-state index in [1.807, 2.05) is 0 Å². The highest BCUT2D eigenvalue weighted by molar-refractivity contribution is 7.91. The van der Waals surface area contributed by atoms with Crippen LogP contribution in [0.1, 0.15) is 24.2 Å². The molecule has 0 fully saturated rings. The highest BCUT2D eigenvalue weighted by atomic mass is 35.5. The first-order chi connectivity index (χ1) is 12.2. The Morgan fingerprint density at radius 3 is 2.35 bits per heavy atom. The third kappa shape index (κ3) is 4.83. The zero-order valence-electron chi connectivity index (χ0n) is 14.2. The standard InChI is InChI=1S/C18H18ClNO5S/c1-3-26(23,24)16-7-5-4-6-15(16)18(22)25-12(2)17(21)20-14-10-8-13(19)9-11-14/h4-12H,3H2,1-2H3,(H,20,21)/t12-/m1/s1. The third-order valence-corrected chi connectivity index (χ3v) is 5.63. The van der Waals surface area contributed by atoms with Crippen molar-refractivity contribution in [3.8, 4) is 0 Å². The molecule has 26 heavy (non-hydrogen) atoms. The van der Waals surface area contributed by atoms with Crippen molar-refractivity contribution in [3.05, 3.63) is 59.1 Å². The fraction of sp³-hybridized carbons (Fsp3) is 0.222. The van der Waals surface area contributed by atoms with Gasteiger partial charge in [-0.1, -0.05) is 30.7 Å². The van der Waals surface area contributed by atoms with Gasteiger partial charge in [0.25, 0.3) is 5.91 Å². The summed E-state index contributed by atoms with van der Waals surface area (Å²) in [5.74, 6) is -1.57. The number of ether oxygens (including phenoxy) is 1. The van der Waals surface area contributed by atoms with Crippen LogP contribution >= 0.6 is 11.6 Å². The van der Waals surface area contributed by atoms with Crippen molar-refractivity contribution >= 4 is 39.0 Å². The monoisotopic (exact) mass is 395 g/mol. The number of amides is 1. The second-order valence-corrected chi connectivity index (χ2v) is 8.13. The number of esters is 1. The largest absolute Gasteiger partial charge is 0.449 e. The van der Waals surface area contributed by atoms with E-state index < -0.39 is 27.8 Å². The SMILES string of the molecule is CCS(=O)(=O)c1ccccc1C(=O)O[C@H](C)C(=O)Nc1ccc(Cl)cc1. The molecule has 6 nitrogen and oxygen atoms in total. The maximum absolute atomic E-state index is 12.4. The number of sulfone groups is 1. The van der Waals surface area contributed by atoms with Crippen LogP contribution in [0.4, 0.5) is 5.69 Å². The Hall–Kier alpha value is -2.38. The molecule has 0 unspecified atom stereocenters. The maximum atomic E-state index is 12.4. The molecule has 2 aromatic rings. The number of carbonyl (C=O) groups excluding carboxylic acids is 2. The molecular formula is C18H18ClNO5S. The van der Waals surface area contributed by atoms with E-state index in [1.165, 1.54) is 38.1 Å². The molecule has 8 heteroatoms. The second-order valence-electron chi connectivity index (χ2n) is 5.44. The van der Waals surface area contributed by atoms with E-state index in [1.54, 1.807) is 24.3 Å². The van der Waals surface area contributed by atoms with Gasteiger partial charge in [-0.05, 0) is 43.3 Å². The van der Waals surface area contributed by atoms with E-state index in [0.29, 0.717) is 10.7 Å². The quantitative estimate of drug-likeness (QED) is 0.758. The molecule has 0 spiro atoms. The highest BCUT2D eigenvalue weighted by Gasteiger charge is 2.25. The summed E-state index contributed by atoms with van der Waals surface area (Å²) in [5, 5.41) is 3.11. The van der Waals surface area contributed by atoms with Crippen molar-refractivity contribution in [2.45, 2.75) is 24.8 Å². The summed E-state index contributed by atoms with van der Waals surface area (Å²) in [6.45, 7) is 2.89. The van der Waals surface area contributed by atoms with Gasteiger partial charge in [0.1, 0.15) is 0 Å². The van der Waals surface area contributed by atoms with Crippen molar-refractivity contribution in [3.63, 3.8) is 0 Å². The molecular weight excluding hydrogens is 378 g/mol. The Morgan fingerprint density at radius 2 is 1.73 bits per heavy atom. The summed E-state index contributed by atoms with van der Waals surface area (Å²) >= 11 is 5.78. The lowest BCUT2D eigenvalue weighted by Crippen LogP contribution is -2.30. The number of carbonyl (C=O) groups is 2. The first-order valence-electron chi connectivity index (χ1n) is 7.84. The number of halogens is 1. The van der Waals surface area contributed by atoms with E-state index in [-0.39, 0.29) is 16.2 Å². The topological polar surface area (TPSA) is 89.5 Å². The normalized spacial score (nSPS) is 12.3. The van der Waals surface area contributed by atoms with Crippen molar-refractivity contribution in [2.75, 3.05) is 11.1 Å². The van der Waals surface area contributed by atoms with Crippen LogP contribution in [0.5, 0.6) is 0 Å². The fourth-order valence-corrected chi connectivity index (χ4v) is 3.33. The average molecular weight is 396 g/mol. The van der Waals surface area contributed by atoms with Gasteiger partial charge >= 0.3 is 5.97 Å². The van der Waals surface area contributed by atoms with Gasteiger partial charge in [-0.3, -0.25) is 4.79 Å². The van der Waals surface area contributed by atoms with Crippen LogP contribution in [-0.4, -0.2) is 32.2 Å². The van der Waals surface area contributed by atoms with Gasteiger partial charge < -0.3 is 10.1 Å². The van der Waals surface area contributed by atoms with Crippen LogP contribution in [-0.2, 0) is 19.4 Å². The first-order valence-corrected chi connectivity index (χ1v) is 9.87. The molecule has 138 valence electrons. The molecule has 0 aliphatic rings. The van der Waals surface area contributed by atoms with Crippen molar-refractivity contribution in [1.29, 1.82) is 0 Å². The summed E-state index contributed by atoms with van der Waals surface area (Å²) in [5.41, 5.74) is 0.400. The molecule has 0 heterocycles. The molecule has 0 bridgehead atoms. The number of hydrogen-bond donors (Lipinski definition) is 1. The molecule has 0 radical (unpaired) electrons.